The minimum atomic E-state index is -0.0101. The first kappa shape index (κ1) is 17.7. The van der Waals surface area contributed by atoms with Crippen molar-refractivity contribution in [2.45, 2.75) is 13.2 Å². The third kappa shape index (κ3) is 4.29. The van der Waals surface area contributed by atoms with Crippen LogP contribution in [0.1, 0.15) is 20.9 Å². The zero-order valence-corrected chi connectivity index (χ0v) is 16.4. The molecule has 0 radical (unpaired) electrons. The van der Waals surface area contributed by atoms with E-state index in [1.807, 2.05) is 48.8 Å². The molecule has 3 rings (SSSR count). The van der Waals surface area contributed by atoms with Gasteiger partial charge in [0.2, 0.25) is 0 Å². The van der Waals surface area contributed by atoms with E-state index in [1.165, 1.54) is 11.3 Å². The number of nitrogens with zero attached hydrogens (tertiary/aromatic N) is 3. The number of benzene rings is 1. The van der Waals surface area contributed by atoms with Crippen molar-refractivity contribution in [1.29, 1.82) is 0 Å². The van der Waals surface area contributed by atoms with Crippen LogP contribution in [-0.4, -0.2) is 27.6 Å². The first-order valence-corrected chi connectivity index (χ1v) is 9.39. The fourth-order valence-electron chi connectivity index (χ4n) is 2.35. The predicted molar refractivity (Wildman–Crippen MR) is 102 cm³/mol. The van der Waals surface area contributed by atoms with Crippen LogP contribution >= 0.6 is 27.3 Å². The number of thiophene rings is 1. The van der Waals surface area contributed by atoms with Gasteiger partial charge >= 0.3 is 0 Å². The number of halogens is 1. The van der Waals surface area contributed by atoms with Gasteiger partial charge in [0.15, 0.2) is 0 Å². The second kappa shape index (κ2) is 7.84. The molecule has 0 fully saturated rings. The average molecular weight is 420 g/mol. The molecule has 0 saturated heterocycles. The fraction of sp³-hybridized carbons (Fsp3) is 0.222. The van der Waals surface area contributed by atoms with Crippen LogP contribution < -0.4 is 4.74 Å². The van der Waals surface area contributed by atoms with Crippen LogP contribution in [0.15, 0.2) is 52.4 Å². The van der Waals surface area contributed by atoms with E-state index in [0.717, 1.165) is 21.5 Å². The van der Waals surface area contributed by atoms with Gasteiger partial charge in [-0.15, -0.1) is 11.3 Å². The molecular weight excluding hydrogens is 402 g/mol. The van der Waals surface area contributed by atoms with Crippen LogP contribution in [0.2, 0.25) is 0 Å². The summed E-state index contributed by atoms with van der Waals surface area (Å²) >= 11 is 4.90. The van der Waals surface area contributed by atoms with Gasteiger partial charge in [0, 0.05) is 19.7 Å². The number of ether oxygens (including phenoxy) is 1. The molecule has 5 nitrogen and oxygen atoms in total. The van der Waals surface area contributed by atoms with Crippen molar-refractivity contribution in [2.24, 2.45) is 7.05 Å². The Kier molecular flexibility index (Phi) is 5.55. The van der Waals surface area contributed by atoms with Crippen LogP contribution in [0.3, 0.4) is 0 Å². The fourth-order valence-corrected chi connectivity index (χ4v) is 3.71. The Hall–Kier alpha value is -2.12. The van der Waals surface area contributed by atoms with Gasteiger partial charge < -0.3 is 9.64 Å². The van der Waals surface area contributed by atoms with E-state index in [0.29, 0.717) is 18.0 Å². The van der Waals surface area contributed by atoms with Gasteiger partial charge in [-0.25, -0.2) is 0 Å². The molecule has 0 aliphatic carbocycles. The maximum atomic E-state index is 12.6. The van der Waals surface area contributed by atoms with Crippen molar-refractivity contribution < 1.29 is 9.53 Å². The summed E-state index contributed by atoms with van der Waals surface area (Å²) in [5, 5.41) is 6.14. The number of rotatable bonds is 6. The number of carbonyl (C=O) groups excluding carboxylic acids is 1. The Morgan fingerprint density at radius 2 is 2.12 bits per heavy atom. The SMILES string of the molecule is CN(Cc1c(Br)cnn1C)C(=O)c1cc(COc2ccccc2)cs1. The minimum Gasteiger partial charge on any atom is -0.489 e. The third-order valence-corrected chi connectivity index (χ3v) is 5.39. The smallest absolute Gasteiger partial charge is 0.264 e. The largest absolute Gasteiger partial charge is 0.489 e. The zero-order chi connectivity index (χ0) is 17.8. The summed E-state index contributed by atoms with van der Waals surface area (Å²) in [6.45, 7) is 0.939. The molecule has 3 aromatic rings. The van der Waals surface area contributed by atoms with Gasteiger partial charge in [0.25, 0.3) is 5.91 Å². The number of amides is 1. The molecule has 2 aromatic heterocycles. The van der Waals surface area contributed by atoms with Gasteiger partial charge in [0.05, 0.1) is 27.8 Å². The van der Waals surface area contributed by atoms with Crippen LogP contribution in [0.25, 0.3) is 0 Å². The van der Waals surface area contributed by atoms with E-state index >= 15 is 0 Å². The number of aryl methyl sites for hydroxylation is 1. The number of aromatic nitrogens is 2. The highest BCUT2D eigenvalue weighted by Crippen LogP contribution is 2.21. The topological polar surface area (TPSA) is 47.4 Å². The molecule has 2 heterocycles. The summed E-state index contributed by atoms with van der Waals surface area (Å²) in [4.78, 5) is 15.0. The Morgan fingerprint density at radius 1 is 1.36 bits per heavy atom. The van der Waals surface area contributed by atoms with E-state index in [1.54, 1.807) is 22.8 Å². The van der Waals surface area contributed by atoms with Crippen molar-refractivity contribution in [3.05, 3.63) is 68.6 Å². The second-order valence-corrected chi connectivity index (χ2v) is 7.41. The lowest BCUT2D eigenvalue weighted by Crippen LogP contribution is -2.26. The number of carbonyl (C=O) groups is 1. The highest BCUT2D eigenvalue weighted by atomic mass is 79.9. The molecule has 0 atom stereocenters. The molecule has 0 aliphatic rings. The molecule has 0 spiro atoms. The van der Waals surface area contributed by atoms with Crippen molar-refractivity contribution in [2.75, 3.05) is 7.05 Å². The van der Waals surface area contributed by atoms with Crippen LogP contribution in [0.5, 0.6) is 5.75 Å². The van der Waals surface area contributed by atoms with Gasteiger partial charge in [-0.05, 0) is 39.5 Å². The van der Waals surface area contributed by atoms with E-state index in [2.05, 4.69) is 21.0 Å². The van der Waals surface area contributed by atoms with Gasteiger partial charge in [-0.1, -0.05) is 18.2 Å². The number of para-hydroxylation sites is 1. The zero-order valence-electron chi connectivity index (χ0n) is 14.0. The van der Waals surface area contributed by atoms with Gasteiger partial charge in [-0.3, -0.25) is 9.48 Å². The minimum absolute atomic E-state index is 0.0101. The molecular formula is C18H18BrN3O2S. The monoisotopic (exact) mass is 419 g/mol. The summed E-state index contributed by atoms with van der Waals surface area (Å²) in [7, 11) is 3.66. The molecule has 1 amide bonds. The van der Waals surface area contributed by atoms with Crippen molar-refractivity contribution >= 4 is 33.2 Å². The first-order chi connectivity index (χ1) is 12.0. The lowest BCUT2D eigenvalue weighted by Gasteiger charge is -2.16. The van der Waals surface area contributed by atoms with Gasteiger partial charge in [0.1, 0.15) is 12.4 Å². The highest BCUT2D eigenvalue weighted by molar-refractivity contribution is 9.10. The summed E-state index contributed by atoms with van der Waals surface area (Å²) < 4.78 is 8.39. The Balaban J connectivity index is 1.62. The molecule has 7 heteroatoms. The Bertz CT molecular complexity index is 841. The van der Waals surface area contributed by atoms with Crippen molar-refractivity contribution in [3.8, 4) is 5.75 Å². The average Bonchev–Trinajstić information content (AvgIpc) is 3.22. The lowest BCUT2D eigenvalue weighted by molar-refractivity contribution is 0.0786. The predicted octanol–water partition coefficient (Wildman–Crippen LogP) is 4.10. The van der Waals surface area contributed by atoms with Crippen LogP contribution in [0.4, 0.5) is 0 Å². The molecule has 130 valence electrons. The quantitative estimate of drug-likeness (QED) is 0.604. The summed E-state index contributed by atoms with van der Waals surface area (Å²) in [5.74, 6) is 0.809. The van der Waals surface area contributed by atoms with Crippen LogP contribution in [0, 0.1) is 0 Å². The molecule has 25 heavy (non-hydrogen) atoms. The van der Waals surface area contributed by atoms with E-state index < -0.39 is 0 Å². The maximum Gasteiger partial charge on any atom is 0.264 e. The summed E-state index contributed by atoms with van der Waals surface area (Å²) in [5.41, 5.74) is 1.95. The summed E-state index contributed by atoms with van der Waals surface area (Å²) in [6.07, 6.45) is 1.73. The normalized spacial score (nSPS) is 10.7. The molecule has 0 unspecified atom stereocenters. The van der Waals surface area contributed by atoms with E-state index in [4.69, 9.17) is 4.74 Å². The Labute approximate surface area is 159 Å². The molecule has 1 aromatic carbocycles. The summed E-state index contributed by atoms with van der Waals surface area (Å²) in [6, 6.07) is 11.5. The van der Waals surface area contributed by atoms with Gasteiger partial charge in [-0.2, -0.15) is 5.10 Å². The second-order valence-electron chi connectivity index (χ2n) is 5.64. The standard InChI is InChI=1S/C18H18BrN3O2S/c1-21(10-16-15(19)9-20-22(16)2)18(23)17-8-13(12-25-17)11-24-14-6-4-3-5-7-14/h3-9,12H,10-11H2,1-2H3. The molecule has 0 bridgehead atoms. The Morgan fingerprint density at radius 3 is 2.80 bits per heavy atom. The van der Waals surface area contributed by atoms with E-state index in [9.17, 15) is 4.79 Å². The molecule has 0 aliphatic heterocycles. The van der Waals surface area contributed by atoms with Crippen LogP contribution in [-0.2, 0) is 20.2 Å². The number of hydrogen-bond acceptors (Lipinski definition) is 4. The lowest BCUT2D eigenvalue weighted by atomic mass is 10.3. The van der Waals surface area contributed by atoms with Crippen molar-refractivity contribution in [1.82, 2.24) is 14.7 Å². The van der Waals surface area contributed by atoms with Crippen molar-refractivity contribution in [3.63, 3.8) is 0 Å². The molecule has 0 N–H and O–H groups in total. The third-order valence-electron chi connectivity index (χ3n) is 3.76. The number of hydrogen-bond donors (Lipinski definition) is 0. The maximum absolute atomic E-state index is 12.6. The highest BCUT2D eigenvalue weighted by Gasteiger charge is 2.17. The first-order valence-electron chi connectivity index (χ1n) is 7.71. The van der Waals surface area contributed by atoms with E-state index in [-0.39, 0.29) is 5.91 Å². The molecule has 0 saturated carbocycles.